The van der Waals surface area contributed by atoms with Crippen molar-refractivity contribution in [1.29, 1.82) is 0 Å². The largest absolute Gasteiger partial charge is 0.358 e. The van der Waals surface area contributed by atoms with Gasteiger partial charge in [-0.3, -0.25) is 4.79 Å². The van der Waals surface area contributed by atoms with Crippen molar-refractivity contribution in [2.75, 3.05) is 5.32 Å². The van der Waals surface area contributed by atoms with E-state index in [0.29, 0.717) is 17.4 Å². The third-order valence-corrected chi connectivity index (χ3v) is 2.82. The number of hydrogen-bond acceptors (Lipinski definition) is 4. The average molecular weight is 285 g/mol. The summed E-state index contributed by atoms with van der Waals surface area (Å²) >= 11 is 6.01. The van der Waals surface area contributed by atoms with Crippen LogP contribution in [0.15, 0.2) is 6.33 Å². The van der Waals surface area contributed by atoms with Gasteiger partial charge in [0.15, 0.2) is 0 Å². The minimum Gasteiger partial charge on any atom is -0.358 e. The summed E-state index contributed by atoms with van der Waals surface area (Å²) < 4.78 is 0. The molecule has 0 aliphatic heterocycles. The Labute approximate surface area is 119 Å². The van der Waals surface area contributed by atoms with Crippen molar-refractivity contribution in [2.45, 2.75) is 52.6 Å². The highest BCUT2D eigenvalue weighted by molar-refractivity contribution is 6.30. The number of nitrogens with zero attached hydrogens (tertiary/aromatic N) is 2. The summed E-state index contributed by atoms with van der Waals surface area (Å²) in [6.45, 7) is 9.58. The molecule has 106 valence electrons. The van der Waals surface area contributed by atoms with Gasteiger partial charge >= 0.3 is 0 Å². The highest BCUT2D eigenvalue weighted by Crippen LogP contribution is 2.20. The van der Waals surface area contributed by atoms with Crippen molar-refractivity contribution in [2.24, 2.45) is 0 Å². The summed E-state index contributed by atoms with van der Waals surface area (Å²) in [7, 11) is 0. The van der Waals surface area contributed by atoms with Crippen molar-refractivity contribution in [1.82, 2.24) is 15.3 Å². The number of nitrogens with one attached hydrogen (secondary N) is 2. The quantitative estimate of drug-likeness (QED) is 0.833. The molecule has 19 heavy (non-hydrogen) atoms. The van der Waals surface area contributed by atoms with E-state index in [1.165, 1.54) is 6.33 Å². The van der Waals surface area contributed by atoms with Gasteiger partial charge in [-0.1, -0.05) is 18.5 Å². The van der Waals surface area contributed by atoms with Crippen LogP contribution < -0.4 is 10.6 Å². The number of aromatic nitrogens is 2. The van der Waals surface area contributed by atoms with Gasteiger partial charge in [0, 0.05) is 11.1 Å². The molecular formula is C13H21ClN4O. The molecule has 0 aliphatic rings. The number of rotatable bonds is 4. The zero-order chi connectivity index (χ0) is 14.6. The lowest BCUT2D eigenvalue weighted by Gasteiger charge is -2.24. The van der Waals surface area contributed by atoms with E-state index >= 15 is 0 Å². The Morgan fingerprint density at radius 2 is 2.05 bits per heavy atom. The molecule has 0 aliphatic carbocycles. The molecule has 1 aromatic rings. The number of anilines is 1. The molecule has 1 unspecified atom stereocenters. The van der Waals surface area contributed by atoms with Crippen LogP contribution in [0.5, 0.6) is 0 Å². The second-order valence-electron chi connectivity index (χ2n) is 5.45. The summed E-state index contributed by atoms with van der Waals surface area (Å²) in [5.41, 5.74) is 0.559. The Bertz CT molecular complexity index is 456. The predicted molar refractivity (Wildman–Crippen MR) is 77.4 cm³/mol. The van der Waals surface area contributed by atoms with Gasteiger partial charge in [0.05, 0.1) is 0 Å². The molecule has 0 aromatic carbocycles. The topological polar surface area (TPSA) is 66.9 Å². The van der Waals surface area contributed by atoms with Gasteiger partial charge in [-0.25, -0.2) is 9.97 Å². The Kier molecular flexibility index (Phi) is 5.11. The second-order valence-corrected chi connectivity index (χ2v) is 5.81. The summed E-state index contributed by atoms with van der Waals surface area (Å²) in [6, 6.07) is -0.393. The van der Waals surface area contributed by atoms with Crippen molar-refractivity contribution in [3.05, 3.63) is 17.0 Å². The van der Waals surface area contributed by atoms with E-state index in [2.05, 4.69) is 20.6 Å². The lowest BCUT2D eigenvalue weighted by molar-refractivity contribution is -0.122. The monoisotopic (exact) mass is 284 g/mol. The van der Waals surface area contributed by atoms with Gasteiger partial charge in [-0.2, -0.15) is 0 Å². The highest BCUT2D eigenvalue weighted by atomic mass is 35.5. The Morgan fingerprint density at radius 3 is 2.58 bits per heavy atom. The summed E-state index contributed by atoms with van der Waals surface area (Å²) in [6.07, 6.45) is 2.09. The van der Waals surface area contributed by atoms with E-state index in [0.717, 1.165) is 5.56 Å². The summed E-state index contributed by atoms with van der Waals surface area (Å²) in [4.78, 5) is 20.1. The third kappa shape index (κ3) is 4.67. The van der Waals surface area contributed by atoms with E-state index in [4.69, 9.17) is 11.6 Å². The number of carbonyl (C=O) groups excluding carboxylic acids is 1. The minimum atomic E-state index is -0.393. The van der Waals surface area contributed by atoms with E-state index in [1.807, 2.05) is 27.7 Å². The molecule has 2 N–H and O–H groups in total. The van der Waals surface area contributed by atoms with Crippen LogP contribution in [0.2, 0.25) is 5.15 Å². The lowest BCUT2D eigenvalue weighted by Crippen LogP contribution is -2.47. The van der Waals surface area contributed by atoms with Gasteiger partial charge in [0.2, 0.25) is 5.91 Å². The second kappa shape index (κ2) is 6.19. The van der Waals surface area contributed by atoms with E-state index in [1.54, 1.807) is 6.92 Å². The number of amides is 1. The fourth-order valence-electron chi connectivity index (χ4n) is 1.58. The standard InChI is InChI=1S/C13H21ClN4O/c1-6-9-10(14)15-7-16-11(9)17-8(2)12(19)18-13(3,4)5/h7-8H,6H2,1-5H3,(H,18,19)(H,15,16,17). The van der Waals surface area contributed by atoms with Gasteiger partial charge in [0.1, 0.15) is 23.3 Å². The first-order valence-corrected chi connectivity index (χ1v) is 6.70. The number of halogens is 1. The minimum absolute atomic E-state index is 0.0794. The van der Waals surface area contributed by atoms with Crippen LogP contribution in [0.4, 0.5) is 5.82 Å². The predicted octanol–water partition coefficient (Wildman–Crippen LogP) is 2.41. The van der Waals surface area contributed by atoms with Gasteiger partial charge in [-0.05, 0) is 34.1 Å². The van der Waals surface area contributed by atoms with E-state index in [-0.39, 0.29) is 11.4 Å². The molecular weight excluding hydrogens is 264 g/mol. The molecule has 0 radical (unpaired) electrons. The van der Waals surface area contributed by atoms with E-state index in [9.17, 15) is 4.79 Å². The Morgan fingerprint density at radius 1 is 1.42 bits per heavy atom. The first-order chi connectivity index (χ1) is 8.74. The fraction of sp³-hybridized carbons (Fsp3) is 0.615. The molecule has 0 spiro atoms. The van der Waals surface area contributed by atoms with Gasteiger partial charge in [0.25, 0.3) is 0 Å². The van der Waals surface area contributed by atoms with E-state index < -0.39 is 6.04 Å². The Balaban J connectivity index is 2.80. The molecule has 1 heterocycles. The molecule has 5 nitrogen and oxygen atoms in total. The van der Waals surface area contributed by atoms with Crippen LogP contribution in [0.25, 0.3) is 0 Å². The Hall–Kier alpha value is -1.36. The van der Waals surface area contributed by atoms with Crippen LogP contribution in [-0.2, 0) is 11.2 Å². The highest BCUT2D eigenvalue weighted by Gasteiger charge is 2.20. The molecule has 1 rings (SSSR count). The maximum Gasteiger partial charge on any atom is 0.242 e. The first-order valence-electron chi connectivity index (χ1n) is 6.32. The summed E-state index contributed by atoms with van der Waals surface area (Å²) in [5.74, 6) is 0.531. The molecule has 1 amide bonds. The van der Waals surface area contributed by atoms with Crippen LogP contribution >= 0.6 is 11.6 Å². The summed E-state index contributed by atoms with van der Waals surface area (Å²) in [5, 5.41) is 6.41. The normalized spacial score (nSPS) is 12.9. The zero-order valence-electron chi connectivity index (χ0n) is 12.0. The molecule has 1 atom stereocenters. The molecule has 1 aromatic heterocycles. The van der Waals surface area contributed by atoms with Crippen molar-refractivity contribution < 1.29 is 4.79 Å². The third-order valence-electron chi connectivity index (χ3n) is 2.49. The van der Waals surface area contributed by atoms with Gasteiger partial charge < -0.3 is 10.6 Å². The first kappa shape index (κ1) is 15.7. The average Bonchev–Trinajstić information content (AvgIpc) is 2.27. The number of carbonyl (C=O) groups is 1. The maximum absolute atomic E-state index is 12.0. The van der Waals surface area contributed by atoms with Crippen LogP contribution in [0.1, 0.15) is 40.2 Å². The van der Waals surface area contributed by atoms with Crippen LogP contribution in [0.3, 0.4) is 0 Å². The molecule has 0 fully saturated rings. The zero-order valence-corrected chi connectivity index (χ0v) is 12.8. The fourth-order valence-corrected chi connectivity index (χ4v) is 1.84. The molecule has 0 bridgehead atoms. The maximum atomic E-state index is 12.0. The van der Waals surface area contributed by atoms with Crippen molar-refractivity contribution in [3.63, 3.8) is 0 Å². The smallest absolute Gasteiger partial charge is 0.242 e. The van der Waals surface area contributed by atoms with Crippen LogP contribution in [0, 0.1) is 0 Å². The van der Waals surface area contributed by atoms with Crippen LogP contribution in [-0.4, -0.2) is 27.5 Å². The van der Waals surface area contributed by atoms with Crippen molar-refractivity contribution >= 4 is 23.3 Å². The molecule has 0 saturated carbocycles. The molecule has 6 heteroatoms. The lowest BCUT2D eigenvalue weighted by atomic mass is 10.1. The van der Waals surface area contributed by atoms with Crippen molar-refractivity contribution in [3.8, 4) is 0 Å². The van der Waals surface area contributed by atoms with Gasteiger partial charge in [-0.15, -0.1) is 0 Å². The number of hydrogen-bond donors (Lipinski definition) is 2. The SMILES string of the molecule is CCc1c(Cl)ncnc1NC(C)C(=O)NC(C)(C)C. The molecule has 0 saturated heterocycles.